The van der Waals surface area contributed by atoms with Crippen LogP contribution in [-0.2, 0) is 13.1 Å². The highest BCUT2D eigenvalue weighted by molar-refractivity contribution is 5.20. The van der Waals surface area contributed by atoms with Crippen molar-refractivity contribution in [3.05, 3.63) is 17.5 Å². The molecule has 0 atom stereocenters. The molecule has 4 aliphatic carbocycles. The normalized spacial score (nSPS) is 38.6. The molecular formula is C16H25N3O. The van der Waals surface area contributed by atoms with Gasteiger partial charge in [0.05, 0.1) is 18.8 Å². The molecule has 1 heterocycles. The summed E-state index contributed by atoms with van der Waals surface area (Å²) in [5.74, 6) is 4.37. The zero-order chi connectivity index (χ0) is 13.7. The Balaban J connectivity index is 1.68. The van der Waals surface area contributed by atoms with Gasteiger partial charge in [0.15, 0.2) is 0 Å². The lowest BCUT2D eigenvalue weighted by molar-refractivity contribution is -0.00586. The molecule has 3 N–H and O–H groups in total. The predicted molar refractivity (Wildman–Crippen MR) is 77.0 cm³/mol. The SMILES string of the molecule is NCc1cc(C2C3CC4CC(C3)CC2C4)n(CCO)n1. The Kier molecular flexibility index (Phi) is 3.11. The second-order valence-electron chi connectivity index (χ2n) is 7.17. The third kappa shape index (κ3) is 1.92. The smallest absolute Gasteiger partial charge is 0.0763 e. The number of rotatable bonds is 4. The van der Waals surface area contributed by atoms with Crippen LogP contribution in [0.25, 0.3) is 0 Å². The van der Waals surface area contributed by atoms with Crippen LogP contribution in [0.2, 0.25) is 0 Å². The van der Waals surface area contributed by atoms with Gasteiger partial charge in [0.2, 0.25) is 0 Å². The standard InChI is InChI=1S/C16H25N3O/c17-9-14-8-15(19(18-14)1-2-20)16-12-4-10-3-11(6-12)7-13(16)5-10/h8,10-13,16,20H,1-7,9,17H2. The van der Waals surface area contributed by atoms with Crippen LogP contribution < -0.4 is 5.73 Å². The molecule has 4 fully saturated rings. The van der Waals surface area contributed by atoms with Crippen LogP contribution in [-0.4, -0.2) is 21.5 Å². The highest BCUT2D eigenvalue weighted by Crippen LogP contribution is 2.59. The van der Waals surface area contributed by atoms with Gasteiger partial charge < -0.3 is 10.8 Å². The second kappa shape index (κ2) is 4.85. The molecule has 0 amide bonds. The molecule has 0 unspecified atom stereocenters. The molecule has 1 aromatic heterocycles. The molecule has 0 spiro atoms. The van der Waals surface area contributed by atoms with E-state index in [1.807, 2.05) is 4.68 Å². The van der Waals surface area contributed by atoms with Gasteiger partial charge in [-0.3, -0.25) is 4.68 Å². The first-order chi connectivity index (χ1) is 9.78. The summed E-state index contributed by atoms with van der Waals surface area (Å²) in [5, 5.41) is 13.9. The van der Waals surface area contributed by atoms with E-state index in [0.717, 1.165) is 29.4 Å². The van der Waals surface area contributed by atoms with E-state index in [2.05, 4.69) is 11.2 Å². The van der Waals surface area contributed by atoms with E-state index in [1.165, 1.54) is 37.8 Å². The summed E-state index contributed by atoms with van der Waals surface area (Å²) >= 11 is 0. The summed E-state index contributed by atoms with van der Waals surface area (Å²) in [5.41, 5.74) is 8.09. The van der Waals surface area contributed by atoms with Gasteiger partial charge >= 0.3 is 0 Å². The monoisotopic (exact) mass is 275 g/mol. The van der Waals surface area contributed by atoms with Crippen molar-refractivity contribution in [2.75, 3.05) is 6.61 Å². The van der Waals surface area contributed by atoms with E-state index in [-0.39, 0.29) is 6.61 Å². The average molecular weight is 275 g/mol. The minimum absolute atomic E-state index is 0.159. The highest BCUT2D eigenvalue weighted by atomic mass is 16.3. The van der Waals surface area contributed by atoms with Crippen LogP contribution in [0.4, 0.5) is 0 Å². The summed E-state index contributed by atoms with van der Waals surface area (Å²) in [4.78, 5) is 0. The summed E-state index contributed by atoms with van der Waals surface area (Å²) < 4.78 is 2.04. The van der Waals surface area contributed by atoms with Crippen molar-refractivity contribution in [3.8, 4) is 0 Å². The molecule has 20 heavy (non-hydrogen) atoms. The van der Waals surface area contributed by atoms with E-state index in [0.29, 0.717) is 19.0 Å². The maximum atomic E-state index is 9.28. The summed E-state index contributed by atoms with van der Waals surface area (Å²) in [6.07, 6.45) is 7.16. The van der Waals surface area contributed by atoms with Crippen LogP contribution in [0.5, 0.6) is 0 Å². The largest absolute Gasteiger partial charge is 0.394 e. The lowest BCUT2D eigenvalue weighted by atomic mass is 9.51. The van der Waals surface area contributed by atoms with Gasteiger partial charge in [-0.1, -0.05) is 0 Å². The first kappa shape index (κ1) is 12.8. The Morgan fingerprint density at radius 1 is 1.15 bits per heavy atom. The molecule has 1 aromatic rings. The zero-order valence-corrected chi connectivity index (χ0v) is 12.0. The third-order valence-electron chi connectivity index (χ3n) is 5.95. The third-order valence-corrected chi connectivity index (χ3v) is 5.95. The second-order valence-corrected chi connectivity index (χ2v) is 7.17. The van der Waals surface area contributed by atoms with Crippen molar-refractivity contribution in [1.82, 2.24) is 9.78 Å². The highest BCUT2D eigenvalue weighted by Gasteiger charge is 2.49. The lowest BCUT2D eigenvalue weighted by Crippen LogP contribution is -2.44. The number of aliphatic hydroxyl groups excluding tert-OH is 1. The molecule has 110 valence electrons. The fourth-order valence-corrected chi connectivity index (χ4v) is 5.54. The number of aromatic nitrogens is 2. The van der Waals surface area contributed by atoms with E-state index in [1.54, 1.807) is 0 Å². The topological polar surface area (TPSA) is 64.1 Å². The molecule has 0 aromatic carbocycles. The number of nitrogens with zero attached hydrogens (tertiary/aromatic N) is 2. The zero-order valence-electron chi connectivity index (χ0n) is 12.0. The Morgan fingerprint density at radius 3 is 2.35 bits per heavy atom. The maximum Gasteiger partial charge on any atom is 0.0763 e. The predicted octanol–water partition coefficient (Wildman–Crippen LogP) is 1.87. The molecular weight excluding hydrogens is 250 g/mol. The van der Waals surface area contributed by atoms with Crippen molar-refractivity contribution in [1.29, 1.82) is 0 Å². The van der Waals surface area contributed by atoms with Gasteiger partial charge in [0.1, 0.15) is 0 Å². The Labute approximate surface area is 120 Å². The van der Waals surface area contributed by atoms with E-state index < -0.39 is 0 Å². The Hall–Kier alpha value is -0.870. The first-order valence-corrected chi connectivity index (χ1v) is 8.16. The van der Waals surface area contributed by atoms with Crippen LogP contribution in [0.15, 0.2) is 6.07 Å². The Bertz CT molecular complexity index is 468. The van der Waals surface area contributed by atoms with Gasteiger partial charge in [-0.05, 0) is 61.8 Å². The minimum atomic E-state index is 0.159. The van der Waals surface area contributed by atoms with Gasteiger partial charge in [0, 0.05) is 18.2 Å². The number of hydrogen-bond donors (Lipinski definition) is 2. The number of aliphatic hydroxyl groups is 1. The number of nitrogens with two attached hydrogens (primary N) is 1. The molecule has 4 heteroatoms. The summed E-state index contributed by atoms with van der Waals surface area (Å²) in [6.45, 7) is 1.27. The fraction of sp³-hybridized carbons (Fsp3) is 0.812. The molecule has 0 radical (unpaired) electrons. The Morgan fingerprint density at radius 2 is 1.80 bits per heavy atom. The van der Waals surface area contributed by atoms with Crippen molar-refractivity contribution in [3.63, 3.8) is 0 Å². The summed E-state index contributed by atoms with van der Waals surface area (Å²) in [7, 11) is 0. The van der Waals surface area contributed by atoms with Gasteiger partial charge in [0.25, 0.3) is 0 Å². The van der Waals surface area contributed by atoms with Crippen LogP contribution in [0.3, 0.4) is 0 Å². The molecule has 4 bridgehead atoms. The average Bonchev–Trinajstić information content (AvgIpc) is 2.81. The van der Waals surface area contributed by atoms with Crippen LogP contribution >= 0.6 is 0 Å². The van der Waals surface area contributed by atoms with E-state index in [4.69, 9.17) is 5.73 Å². The molecule has 4 nitrogen and oxygen atoms in total. The van der Waals surface area contributed by atoms with Crippen LogP contribution in [0, 0.1) is 23.7 Å². The van der Waals surface area contributed by atoms with E-state index >= 15 is 0 Å². The summed E-state index contributed by atoms with van der Waals surface area (Å²) in [6, 6.07) is 2.21. The van der Waals surface area contributed by atoms with Crippen molar-refractivity contribution >= 4 is 0 Å². The quantitative estimate of drug-likeness (QED) is 0.881. The molecule has 4 aliphatic rings. The van der Waals surface area contributed by atoms with Crippen molar-refractivity contribution < 1.29 is 5.11 Å². The van der Waals surface area contributed by atoms with Gasteiger partial charge in [-0.25, -0.2) is 0 Å². The lowest BCUT2D eigenvalue weighted by Gasteiger charge is -2.54. The molecule has 0 aliphatic heterocycles. The van der Waals surface area contributed by atoms with E-state index in [9.17, 15) is 5.11 Å². The molecule has 5 rings (SSSR count). The van der Waals surface area contributed by atoms with Crippen molar-refractivity contribution in [2.45, 2.75) is 51.1 Å². The minimum Gasteiger partial charge on any atom is -0.394 e. The first-order valence-electron chi connectivity index (χ1n) is 8.16. The van der Waals surface area contributed by atoms with Crippen molar-refractivity contribution in [2.24, 2.45) is 29.4 Å². The van der Waals surface area contributed by atoms with Gasteiger partial charge in [-0.2, -0.15) is 5.10 Å². The molecule has 4 saturated carbocycles. The fourth-order valence-electron chi connectivity index (χ4n) is 5.54. The number of hydrogen-bond acceptors (Lipinski definition) is 3. The van der Waals surface area contributed by atoms with Crippen LogP contribution in [0.1, 0.15) is 49.4 Å². The molecule has 0 saturated heterocycles. The van der Waals surface area contributed by atoms with Gasteiger partial charge in [-0.15, -0.1) is 0 Å². The maximum absolute atomic E-state index is 9.28.